The number of fused-ring (bicyclic) bond motifs is 1. The number of aromatic nitrogens is 2. The van der Waals surface area contributed by atoms with Gasteiger partial charge in [-0.2, -0.15) is 5.10 Å². The zero-order valence-electron chi connectivity index (χ0n) is 12.7. The van der Waals surface area contributed by atoms with Gasteiger partial charge in [-0.3, -0.25) is 4.68 Å². The molecule has 0 fully saturated rings. The van der Waals surface area contributed by atoms with E-state index in [-0.39, 0.29) is 0 Å². The minimum absolute atomic E-state index is 0.322. The molecule has 0 bridgehead atoms. The van der Waals surface area contributed by atoms with Gasteiger partial charge in [0.1, 0.15) is 5.75 Å². The molecule has 1 aliphatic rings. The molecule has 3 rings (SSSR count). The van der Waals surface area contributed by atoms with Crippen LogP contribution in [0.3, 0.4) is 0 Å². The molecule has 0 spiro atoms. The first-order valence-corrected chi connectivity index (χ1v) is 7.72. The monoisotopic (exact) mass is 285 g/mol. The van der Waals surface area contributed by atoms with Gasteiger partial charge in [-0.1, -0.05) is 12.1 Å². The van der Waals surface area contributed by atoms with E-state index >= 15 is 0 Å². The van der Waals surface area contributed by atoms with Crippen molar-refractivity contribution in [3.05, 3.63) is 47.3 Å². The van der Waals surface area contributed by atoms with Crippen molar-refractivity contribution in [1.82, 2.24) is 15.1 Å². The van der Waals surface area contributed by atoms with Crippen LogP contribution in [0.2, 0.25) is 0 Å². The lowest BCUT2D eigenvalue weighted by atomic mass is 9.87. The Bertz CT molecular complexity index is 618. The first kappa shape index (κ1) is 14.1. The second-order valence-corrected chi connectivity index (χ2v) is 6.09. The van der Waals surface area contributed by atoms with Crippen LogP contribution in [0.5, 0.6) is 5.75 Å². The Balaban J connectivity index is 1.70. The summed E-state index contributed by atoms with van der Waals surface area (Å²) in [5.41, 5.74) is 3.56. The van der Waals surface area contributed by atoms with Gasteiger partial charge in [0.15, 0.2) is 0 Å². The Kier molecular flexibility index (Phi) is 3.97. The molecule has 1 aromatic heterocycles. The maximum absolute atomic E-state index is 9.98. The Morgan fingerprint density at radius 1 is 1.43 bits per heavy atom. The van der Waals surface area contributed by atoms with E-state index in [4.69, 9.17) is 0 Å². The van der Waals surface area contributed by atoms with E-state index in [1.807, 2.05) is 16.9 Å². The fraction of sp³-hybridized carbons (Fsp3) is 0.471. The van der Waals surface area contributed by atoms with Crippen molar-refractivity contribution in [2.45, 2.75) is 51.7 Å². The van der Waals surface area contributed by atoms with E-state index in [9.17, 15) is 5.11 Å². The molecule has 112 valence electrons. The molecule has 1 aromatic carbocycles. The summed E-state index contributed by atoms with van der Waals surface area (Å²) >= 11 is 0. The maximum Gasteiger partial charge on any atom is 0.119 e. The molecule has 2 N–H and O–H groups in total. The minimum atomic E-state index is 0.322. The Hall–Kier alpha value is -1.81. The van der Waals surface area contributed by atoms with E-state index in [0.29, 0.717) is 17.8 Å². The Morgan fingerprint density at radius 3 is 3.05 bits per heavy atom. The lowest BCUT2D eigenvalue weighted by molar-refractivity contribution is 0.429. The van der Waals surface area contributed by atoms with E-state index in [1.165, 1.54) is 11.1 Å². The SMILES string of the molecule is CC(C)n1cc(CNC2CCCc3c(O)cccc32)cn1. The molecule has 4 nitrogen and oxygen atoms in total. The summed E-state index contributed by atoms with van der Waals surface area (Å²) in [6, 6.07) is 6.57. The van der Waals surface area contributed by atoms with Gasteiger partial charge in [-0.25, -0.2) is 0 Å². The van der Waals surface area contributed by atoms with Gasteiger partial charge < -0.3 is 10.4 Å². The van der Waals surface area contributed by atoms with Crippen molar-refractivity contribution in [1.29, 1.82) is 0 Å². The number of hydrogen-bond donors (Lipinski definition) is 2. The second kappa shape index (κ2) is 5.90. The molecule has 0 saturated carbocycles. The first-order valence-electron chi connectivity index (χ1n) is 7.72. The molecule has 1 unspecified atom stereocenters. The van der Waals surface area contributed by atoms with Gasteiger partial charge in [-0.15, -0.1) is 0 Å². The summed E-state index contributed by atoms with van der Waals surface area (Å²) in [6.45, 7) is 5.07. The van der Waals surface area contributed by atoms with Crippen LogP contribution >= 0.6 is 0 Å². The van der Waals surface area contributed by atoms with Crippen molar-refractivity contribution in [2.24, 2.45) is 0 Å². The van der Waals surface area contributed by atoms with Gasteiger partial charge in [0.25, 0.3) is 0 Å². The fourth-order valence-electron chi connectivity index (χ4n) is 3.03. The molecule has 21 heavy (non-hydrogen) atoms. The standard InChI is InChI=1S/C17H23N3O/c1-12(2)20-11-13(10-19-20)9-18-16-7-3-6-15-14(16)5-4-8-17(15)21/h4-5,8,10-12,16,18,21H,3,6-7,9H2,1-2H3. The van der Waals surface area contributed by atoms with Crippen LogP contribution in [0.25, 0.3) is 0 Å². The second-order valence-electron chi connectivity index (χ2n) is 6.09. The zero-order chi connectivity index (χ0) is 14.8. The third kappa shape index (κ3) is 2.95. The number of phenolic OH excluding ortho intramolecular Hbond substituents is 1. The van der Waals surface area contributed by atoms with Crippen molar-refractivity contribution in [3.8, 4) is 5.75 Å². The normalized spacial score (nSPS) is 18.0. The quantitative estimate of drug-likeness (QED) is 0.906. The zero-order valence-corrected chi connectivity index (χ0v) is 12.7. The van der Waals surface area contributed by atoms with Crippen LogP contribution < -0.4 is 5.32 Å². The van der Waals surface area contributed by atoms with Crippen LogP contribution in [-0.2, 0) is 13.0 Å². The molecule has 0 radical (unpaired) electrons. The summed E-state index contributed by atoms with van der Waals surface area (Å²) in [5, 5.41) is 18.0. The molecule has 1 atom stereocenters. The predicted octanol–water partition coefficient (Wildman–Crippen LogP) is 3.34. The van der Waals surface area contributed by atoms with Crippen LogP contribution in [0, 0.1) is 0 Å². The molecule has 0 amide bonds. The van der Waals surface area contributed by atoms with Crippen molar-refractivity contribution < 1.29 is 5.11 Å². The van der Waals surface area contributed by atoms with Crippen LogP contribution in [0.1, 0.15) is 55.5 Å². The molecule has 0 aliphatic heterocycles. The number of benzene rings is 1. The minimum Gasteiger partial charge on any atom is -0.508 e. The average Bonchev–Trinajstić information content (AvgIpc) is 2.95. The van der Waals surface area contributed by atoms with Gasteiger partial charge in [0, 0.05) is 30.4 Å². The summed E-state index contributed by atoms with van der Waals surface area (Å²) < 4.78 is 1.98. The smallest absolute Gasteiger partial charge is 0.119 e. The van der Waals surface area contributed by atoms with E-state index in [0.717, 1.165) is 31.4 Å². The summed E-state index contributed by atoms with van der Waals surface area (Å²) in [6.07, 6.45) is 7.25. The number of rotatable bonds is 4. The average molecular weight is 285 g/mol. The molecule has 0 saturated heterocycles. The number of phenols is 1. The highest BCUT2D eigenvalue weighted by atomic mass is 16.3. The van der Waals surface area contributed by atoms with Crippen molar-refractivity contribution in [2.75, 3.05) is 0 Å². The van der Waals surface area contributed by atoms with E-state index in [2.05, 4.69) is 36.5 Å². The van der Waals surface area contributed by atoms with Crippen molar-refractivity contribution >= 4 is 0 Å². The van der Waals surface area contributed by atoms with Crippen LogP contribution in [-0.4, -0.2) is 14.9 Å². The highest BCUT2D eigenvalue weighted by molar-refractivity contribution is 5.42. The summed E-state index contributed by atoms with van der Waals surface area (Å²) in [4.78, 5) is 0. The van der Waals surface area contributed by atoms with Gasteiger partial charge in [0.05, 0.1) is 6.20 Å². The van der Waals surface area contributed by atoms with E-state index < -0.39 is 0 Å². The molecular formula is C17H23N3O. The number of nitrogens with zero attached hydrogens (tertiary/aromatic N) is 2. The summed E-state index contributed by atoms with van der Waals surface area (Å²) in [7, 11) is 0. The number of hydrogen-bond acceptors (Lipinski definition) is 3. The molecule has 1 aliphatic carbocycles. The molecule has 2 aromatic rings. The topological polar surface area (TPSA) is 50.1 Å². The van der Waals surface area contributed by atoms with Gasteiger partial charge in [-0.05, 0) is 50.3 Å². The fourth-order valence-corrected chi connectivity index (χ4v) is 3.03. The lowest BCUT2D eigenvalue weighted by Gasteiger charge is -2.27. The summed E-state index contributed by atoms with van der Waals surface area (Å²) in [5.74, 6) is 0.437. The number of nitrogens with one attached hydrogen (secondary N) is 1. The maximum atomic E-state index is 9.98. The van der Waals surface area contributed by atoms with Crippen LogP contribution in [0.4, 0.5) is 0 Å². The van der Waals surface area contributed by atoms with Gasteiger partial charge in [0.2, 0.25) is 0 Å². The molecule has 4 heteroatoms. The van der Waals surface area contributed by atoms with Gasteiger partial charge >= 0.3 is 0 Å². The third-order valence-corrected chi connectivity index (χ3v) is 4.22. The highest BCUT2D eigenvalue weighted by Gasteiger charge is 2.21. The largest absolute Gasteiger partial charge is 0.508 e. The van der Waals surface area contributed by atoms with Crippen molar-refractivity contribution in [3.63, 3.8) is 0 Å². The molecular weight excluding hydrogens is 262 g/mol. The van der Waals surface area contributed by atoms with E-state index in [1.54, 1.807) is 6.07 Å². The first-order chi connectivity index (χ1) is 10.1. The number of aromatic hydroxyl groups is 1. The highest BCUT2D eigenvalue weighted by Crippen LogP contribution is 2.34. The Morgan fingerprint density at radius 2 is 2.29 bits per heavy atom. The lowest BCUT2D eigenvalue weighted by Crippen LogP contribution is -2.24. The molecule has 1 heterocycles. The predicted molar refractivity (Wildman–Crippen MR) is 83.2 cm³/mol. The Labute approximate surface area is 125 Å². The van der Waals surface area contributed by atoms with Crippen LogP contribution in [0.15, 0.2) is 30.6 Å². The third-order valence-electron chi connectivity index (χ3n) is 4.22.